The third-order valence-corrected chi connectivity index (χ3v) is 4.31. The molecule has 0 atom stereocenters. The summed E-state index contributed by atoms with van der Waals surface area (Å²) in [6.07, 6.45) is 1.02. The molecular weight excluding hydrogens is 252 g/mol. The Morgan fingerprint density at radius 2 is 1.56 bits per heavy atom. The number of sulfonamides is 1. The Hall–Kier alpha value is -0.180. The molecule has 0 amide bonds. The predicted molar refractivity (Wildman–Crippen MR) is 64.6 cm³/mol. The fraction of sp³-hybridized carbons (Fsp3) is 1.00. The Labute approximate surface area is 97.8 Å². The van der Waals surface area contributed by atoms with Gasteiger partial charge in [0.1, 0.15) is 9.84 Å². The van der Waals surface area contributed by atoms with E-state index in [-0.39, 0.29) is 18.1 Å². The van der Waals surface area contributed by atoms with Gasteiger partial charge in [-0.3, -0.25) is 0 Å². The Balaban J connectivity index is 3.89. The molecule has 0 saturated heterocycles. The zero-order valence-electron chi connectivity index (χ0n) is 9.86. The fourth-order valence-corrected chi connectivity index (χ4v) is 3.55. The number of hydrogen-bond donors (Lipinski definition) is 2. The topological polar surface area (TPSA) is 92.3 Å². The fourth-order valence-electron chi connectivity index (χ4n) is 0.901. The normalized spacial score (nSPS) is 13.2. The van der Waals surface area contributed by atoms with Crippen molar-refractivity contribution >= 4 is 19.9 Å². The summed E-state index contributed by atoms with van der Waals surface area (Å²) >= 11 is 0. The Morgan fingerprint density at radius 3 is 2.00 bits per heavy atom. The Kier molecular flexibility index (Phi) is 6.46. The van der Waals surface area contributed by atoms with Crippen molar-refractivity contribution in [2.24, 2.45) is 0 Å². The molecule has 0 fully saturated rings. The molecule has 8 heteroatoms. The van der Waals surface area contributed by atoms with Crippen molar-refractivity contribution in [1.29, 1.82) is 0 Å². The van der Waals surface area contributed by atoms with Gasteiger partial charge >= 0.3 is 0 Å². The Morgan fingerprint density at radius 1 is 1.00 bits per heavy atom. The third kappa shape index (κ3) is 10.3. The van der Waals surface area contributed by atoms with Gasteiger partial charge in [0.05, 0.1) is 11.5 Å². The molecule has 0 aliphatic rings. The lowest BCUT2D eigenvalue weighted by Gasteiger charge is -2.09. The SMILES string of the molecule is CC(C)NCCNS(=O)(=O)CCS(C)(=O)=O. The highest BCUT2D eigenvalue weighted by molar-refractivity contribution is 7.93. The minimum absolute atomic E-state index is 0.268. The summed E-state index contributed by atoms with van der Waals surface area (Å²) in [5.74, 6) is -0.729. The van der Waals surface area contributed by atoms with Crippen LogP contribution in [-0.2, 0) is 19.9 Å². The van der Waals surface area contributed by atoms with E-state index in [1.165, 1.54) is 0 Å². The largest absolute Gasteiger partial charge is 0.313 e. The van der Waals surface area contributed by atoms with Gasteiger partial charge in [0, 0.05) is 25.4 Å². The second kappa shape index (κ2) is 6.53. The summed E-state index contributed by atoms with van der Waals surface area (Å²) in [6.45, 7) is 4.70. The number of hydrogen-bond acceptors (Lipinski definition) is 5. The van der Waals surface area contributed by atoms with Crippen LogP contribution in [0.15, 0.2) is 0 Å². The number of sulfone groups is 1. The molecular formula is C8H20N2O4S2. The maximum absolute atomic E-state index is 11.3. The van der Waals surface area contributed by atoms with Crippen molar-refractivity contribution in [2.75, 3.05) is 30.9 Å². The average Bonchev–Trinajstić information content (AvgIpc) is 2.08. The monoisotopic (exact) mass is 272 g/mol. The van der Waals surface area contributed by atoms with Crippen LogP contribution in [-0.4, -0.2) is 53.7 Å². The molecule has 0 aromatic heterocycles. The molecule has 6 nitrogen and oxygen atoms in total. The van der Waals surface area contributed by atoms with Gasteiger partial charge in [0.15, 0.2) is 0 Å². The van der Waals surface area contributed by atoms with E-state index in [9.17, 15) is 16.8 Å². The molecule has 2 N–H and O–H groups in total. The summed E-state index contributed by atoms with van der Waals surface area (Å²) in [5.41, 5.74) is 0. The Bertz CT molecular complexity index is 386. The molecule has 0 heterocycles. The van der Waals surface area contributed by atoms with E-state index in [0.29, 0.717) is 12.6 Å². The van der Waals surface area contributed by atoms with E-state index in [4.69, 9.17) is 0 Å². The van der Waals surface area contributed by atoms with Crippen molar-refractivity contribution in [3.05, 3.63) is 0 Å². The van der Waals surface area contributed by atoms with E-state index in [1.807, 2.05) is 13.8 Å². The van der Waals surface area contributed by atoms with E-state index >= 15 is 0 Å². The highest BCUT2D eigenvalue weighted by Crippen LogP contribution is 1.89. The van der Waals surface area contributed by atoms with Gasteiger partial charge < -0.3 is 5.32 Å². The first-order valence-corrected chi connectivity index (χ1v) is 8.72. The van der Waals surface area contributed by atoms with Gasteiger partial charge in [-0.25, -0.2) is 21.6 Å². The van der Waals surface area contributed by atoms with Crippen LogP contribution >= 0.6 is 0 Å². The average molecular weight is 272 g/mol. The molecule has 0 bridgehead atoms. The van der Waals surface area contributed by atoms with Crippen LogP contribution in [0.5, 0.6) is 0 Å². The lowest BCUT2D eigenvalue weighted by atomic mass is 10.4. The van der Waals surface area contributed by atoms with Crippen LogP contribution in [0.1, 0.15) is 13.8 Å². The van der Waals surface area contributed by atoms with Gasteiger partial charge in [-0.2, -0.15) is 0 Å². The van der Waals surface area contributed by atoms with E-state index in [0.717, 1.165) is 6.26 Å². The van der Waals surface area contributed by atoms with Crippen molar-refractivity contribution in [2.45, 2.75) is 19.9 Å². The molecule has 0 aromatic rings. The maximum Gasteiger partial charge on any atom is 0.212 e. The van der Waals surface area contributed by atoms with Crippen LogP contribution in [0.3, 0.4) is 0 Å². The standard InChI is InChI=1S/C8H20N2O4S2/c1-8(2)9-4-5-10-16(13,14)7-6-15(3,11)12/h8-10H,4-7H2,1-3H3. The zero-order chi connectivity index (χ0) is 12.8. The molecule has 0 saturated carbocycles. The van der Waals surface area contributed by atoms with Gasteiger partial charge in [0.25, 0.3) is 0 Å². The van der Waals surface area contributed by atoms with Crippen LogP contribution in [0.2, 0.25) is 0 Å². The summed E-state index contributed by atoms with van der Waals surface area (Å²) in [6, 6.07) is 0.292. The minimum Gasteiger partial charge on any atom is -0.313 e. The molecule has 0 aliphatic carbocycles. The summed E-state index contributed by atoms with van der Waals surface area (Å²) < 4.78 is 46.6. The van der Waals surface area contributed by atoms with E-state index in [2.05, 4.69) is 10.0 Å². The molecule has 0 spiro atoms. The molecule has 0 aromatic carbocycles. The summed E-state index contributed by atoms with van der Waals surface area (Å²) in [4.78, 5) is 0. The second-order valence-electron chi connectivity index (χ2n) is 3.95. The molecule has 0 radical (unpaired) electrons. The van der Waals surface area contributed by atoms with Gasteiger partial charge in [-0.1, -0.05) is 13.8 Å². The second-order valence-corrected chi connectivity index (χ2v) is 8.14. The lowest BCUT2D eigenvalue weighted by Crippen LogP contribution is -2.36. The molecule has 0 unspecified atom stereocenters. The van der Waals surface area contributed by atoms with Crippen LogP contribution < -0.4 is 10.0 Å². The molecule has 98 valence electrons. The predicted octanol–water partition coefficient (Wildman–Crippen LogP) is -1.05. The van der Waals surface area contributed by atoms with Crippen molar-refractivity contribution in [3.63, 3.8) is 0 Å². The first-order valence-electron chi connectivity index (χ1n) is 5.01. The summed E-state index contributed by atoms with van der Waals surface area (Å²) in [5, 5.41) is 3.05. The van der Waals surface area contributed by atoms with Crippen molar-refractivity contribution < 1.29 is 16.8 Å². The van der Waals surface area contributed by atoms with Crippen LogP contribution in [0.25, 0.3) is 0 Å². The highest BCUT2D eigenvalue weighted by atomic mass is 32.2. The smallest absolute Gasteiger partial charge is 0.212 e. The zero-order valence-corrected chi connectivity index (χ0v) is 11.5. The van der Waals surface area contributed by atoms with Gasteiger partial charge in [-0.15, -0.1) is 0 Å². The summed E-state index contributed by atoms with van der Waals surface area (Å²) in [7, 11) is -6.72. The number of rotatable bonds is 8. The minimum atomic E-state index is -3.48. The number of nitrogens with one attached hydrogen (secondary N) is 2. The first-order chi connectivity index (χ1) is 7.12. The van der Waals surface area contributed by atoms with Crippen molar-refractivity contribution in [1.82, 2.24) is 10.0 Å². The molecule has 0 rings (SSSR count). The van der Waals surface area contributed by atoms with Gasteiger partial charge in [-0.05, 0) is 0 Å². The maximum atomic E-state index is 11.3. The first kappa shape index (κ1) is 15.8. The highest BCUT2D eigenvalue weighted by Gasteiger charge is 2.13. The van der Waals surface area contributed by atoms with E-state index in [1.54, 1.807) is 0 Å². The van der Waals surface area contributed by atoms with Crippen molar-refractivity contribution in [3.8, 4) is 0 Å². The van der Waals surface area contributed by atoms with E-state index < -0.39 is 19.9 Å². The van der Waals surface area contributed by atoms with Crippen LogP contribution in [0, 0.1) is 0 Å². The third-order valence-electron chi connectivity index (χ3n) is 1.72. The van der Waals surface area contributed by atoms with Gasteiger partial charge in [0.2, 0.25) is 10.0 Å². The van der Waals surface area contributed by atoms with Crippen LogP contribution in [0.4, 0.5) is 0 Å². The quantitative estimate of drug-likeness (QED) is 0.550. The molecule has 0 aliphatic heterocycles. The molecule has 16 heavy (non-hydrogen) atoms. The lowest BCUT2D eigenvalue weighted by molar-refractivity contribution is 0.559.